The van der Waals surface area contributed by atoms with E-state index in [4.69, 9.17) is 5.11 Å². The van der Waals surface area contributed by atoms with Crippen molar-refractivity contribution in [3.05, 3.63) is 40.1 Å². The highest BCUT2D eigenvalue weighted by Crippen LogP contribution is 2.22. The predicted molar refractivity (Wildman–Crippen MR) is 70.1 cm³/mol. The number of fused-ring (bicyclic) bond motifs is 1. The Hall–Kier alpha value is -2.37. The number of nitro benzene ring substituents is 1. The smallest absolute Gasteiger partial charge is 0.303 e. The average Bonchev–Trinajstić information content (AvgIpc) is 2.75. The van der Waals surface area contributed by atoms with Gasteiger partial charge in [0.25, 0.3) is 5.69 Å². The number of nitrogens with one attached hydrogen (secondary N) is 1. The molecule has 1 aromatic heterocycles. The van der Waals surface area contributed by atoms with E-state index < -0.39 is 10.9 Å². The number of aryl methyl sites for hydroxylation is 1. The number of carboxylic acids is 1. The Balaban J connectivity index is 2.04. The van der Waals surface area contributed by atoms with E-state index in [2.05, 4.69) is 4.98 Å². The van der Waals surface area contributed by atoms with Crippen LogP contribution in [0.15, 0.2) is 24.3 Å². The van der Waals surface area contributed by atoms with Crippen molar-refractivity contribution in [1.82, 2.24) is 4.98 Å². The summed E-state index contributed by atoms with van der Waals surface area (Å²) in [5.74, 6) is -0.785. The van der Waals surface area contributed by atoms with Crippen molar-refractivity contribution in [3.63, 3.8) is 0 Å². The lowest BCUT2D eigenvalue weighted by atomic mass is 10.1. The maximum absolute atomic E-state index is 10.7. The zero-order valence-electron chi connectivity index (χ0n) is 10.3. The number of aromatic amines is 1. The number of unbranched alkanes of at least 4 members (excludes halogenated alkanes) is 1. The average molecular weight is 262 g/mol. The van der Waals surface area contributed by atoms with Crippen LogP contribution in [0, 0.1) is 10.1 Å². The molecule has 2 aromatic rings. The molecule has 0 aliphatic heterocycles. The quantitative estimate of drug-likeness (QED) is 0.475. The van der Waals surface area contributed by atoms with Gasteiger partial charge in [-0.2, -0.15) is 0 Å². The van der Waals surface area contributed by atoms with E-state index in [0.717, 1.165) is 29.4 Å². The third-order valence-corrected chi connectivity index (χ3v) is 2.96. The van der Waals surface area contributed by atoms with Gasteiger partial charge in [-0.25, -0.2) is 0 Å². The molecule has 0 radical (unpaired) electrons. The minimum atomic E-state index is -0.785. The van der Waals surface area contributed by atoms with Crippen LogP contribution in [0.2, 0.25) is 0 Å². The second kappa shape index (κ2) is 5.51. The molecular weight excluding hydrogens is 248 g/mol. The highest BCUT2D eigenvalue weighted by Gasteiger charge is 2.08. The summed E-state index contributed by atoms with van der Waals surface area (Å²) in [6, 6.07) is 6.57. The molecule has 6 heteroatoms. The van der Waals surface area contributed by atoms with Crippen LogP contribution in [0.4, 0.5) is 5.69 Å². The second-order valence-electron chi connectivity index (χ2n) is 4.42. The van der Waals surface area contributed by atoms with E-state index in [9.17, 15) is 14.9 Å². The summed E-state index contributed by atoms with van der Waals surface area (Å²) in [4.78, 5) is 23.8. The molecule has 19 heavy (non-hydrogen) atoms. The minimum absolute atomic E-state index is 0.0731. The Morgan fingerprint density at radius 3 is 2.79 bits per heavy atom. The lowest BCUT2D eigenvalue weighted by Crippen LogP contribution is -1.94. The number of carboxylic acid groups (broad SMARTS) is 1. The Morgan fingerprint density at radius 1 is 1.32 bits per heavy atom. The van der Waals surface area contributed by atoms with Gasteiger partial charge in [0.1, 0.15) is 0 Å². The summed E-state index contributed by atoms with van der Waals surface area (Å²) in [6.07, 6.45) is 2.33. The molecule has 0 aliphatic rings. The van der Waals surface area contributed by atoms with Crippen molar-refractivity contribution in [1.29, 1.82) is 0 Å². The van der Waals surface area contributed by atoms with Crippen LogP contribution in [0.1, 0.15) is 25.0 Å². The molecule has 100 valence electrons. The van der Waals surface area contributed by atoms with E-state index in [1.807, 2.05) is 6.07 Å². The maximum Gasteiger partial charge on any atom is 0.303 e. The topological polar surface area (TPSA) is 96.2 Å². The second-order valence-corrected chi connectivity index (χ2v) is 4.42. The molecule has 0 fully saturated rings. The number of H-pyrrole nitrogens is 1. The number of benzene rings is 1. The van der Waals surface area contributed by atoms with Gasteiger partial charge in [0, 0.05) is 35.2 Å². The van der Waals surface area contributed by atoms with Crippen LogP contribution < -0.4 is 0 Å². The van der Waals surface area contributed by atoms with Gasteiger partial charge in [0.15, 0.2) is 0 Å². The van der Waals surface area contributed by atoms with Gasteiger partial charge in [-0.15, -0.1) is 0 Å². The number of hydrogen-bond donors (Lipinski definition) is 2. The lowest BCUT2D eigenvalue weighted by molar-refractivity contribution is -0.384. The number of aliphatic carboxylic acids is 1. The van der Waals surface area contributed by atoms with Crippen LogP contribution in [0.3, 0.4) is 0 Å². The molecule has 2 rings (SSSR count). The van der Waals surface area contributed by atoms with Crippen molar-refractivity contribution < 1.29 is 14.8 Å². The van der Waals surface area contributed by atoms with Gasteiger partial charge >= 0.3 is 5.97 Å². The Kier molecular flexibility index (Phi) is 3.79. The predicted octanol–water partition coefficient (Wildman–Crippen LogP) is 2.87. The van der Waals surface area contributed by atoms with E-state index in [-0.39, 0.29) is 12.1 Å². The van der Waals surface area contributed by atoms with Crippen molar-refractivity contribution >= 4 is 22.6 Å². The number of rotatable bonds is 6. The molecule has 0 bridgehead atoms. The van der Waals surface area contributed by atoms with Crippen molar-refractivity contribution in [3.8, 4) is 0 Å². The fourth-order valence-corrected chi connectivity index (χ4v) is 2.02. The number of non-ortho nitro benzene ring substituents is 1. The monoisotopic (exact) mass is 262 g/mol. The molecule has 1 heterocycles. The fraction of sp³-hybridized carbons (Fsp3) is 0.308. The van der Waals surface area contributed by atoms with Gasteiger partial charge < -0.3 is 10.1 Å². The summed E-state index contributed by atoms with van der Waals surface area (Å²) in [5.41, 5.74) is 1.91. The number of aromatic nitrogens is 1. The normalized spacial score (nSPS) is 10.7. The zero-order chi connectivity index (χ0) is 13.8. The number of carbonyl (C=O) groups is 1. The van der Waals surface area contributed by atoms with Gasteiger partial charge in [0.05, 0.1) is 4.92 Å². The van der Waals surface area contributed by atoms with Crippen molar-refractivity contribution in [2.45, 2.75) is 25.7 Å². The van der Waals surface area contributed by atoms with Gasteiger partial charge in [-0.05, 0) is 31.4 Å². The first-order valence-electron chi connectivity index (χ1n) is 6.04. The summed E-state index contributed by atoms with van der Waals surface area (Å²) < 4.78 is 0. The summed E-state index contributed by atoms with van der Waals surface area (Å²) >= 11 is 0. The highest BCUT2D eigenvalue weighted by molar-refractivity contribution is 5.82. The zero-order valence-corrected chi connectivity index (χ0v) is 10.3. The first kappa shape index (κ1) is 13.1. The van der Waals surface area contributed by atoms with Crippen molar-refractivity contribution in [2.24, 2.45) is 0 Å². The molecule has 0 aliphatic carbocycles. The Morgan fingerprint density at radius 2 is 2.11 bits per heavy atom. The molecule has 6 nitrogen and oxygen atoms in total. The first-order valence-corrected chi connectivity index (χ1v) is 6.04. The highest BCUT2D eigenvalue weighted by atomic mass is 16.6. The van der Waals surface area contributed by atoms with Gasteiger partial charge in [-0.1, -0.05) is 0 Å². The molecule has 1 aromatic carbocycles. The number of hydrogen-bond acceptors (Lipinski definition) is 3. The standard InChI is InChI=1S/C13H14N2O4/c16-13(17)4-2-1-3-10-7-9-8-11(15(18)19)5-6-12(9)14-10/h5-8,14H,1-4H2,(H,16,17). The van der Waals surface area contributed by atoms with E-state index in [1.165, 1.54) is 12.1 Å². The summed E-state index contributed by atoms with van der Waals surface area (Å²) in [7, 11) is 0. The third-order valence-electron chi connectivity index (χ3n) is 2.96. The maximum atomic E-state index is 10.7. The molecule has 2 N–H and O–H groups in total. The SMILES string of the molecule is O=C(O)CCCCc1cc2cc([N+](=O)[O-])ccc2[nH]1. The van der Waals surface area contributed by atoms with Crippen LogP contribution in [-0.2, 0) is 11.2 Å². The van der Waals surface area contributed by atoms with Crippen LogP contribution in [-0.4, -0.2) is 21.0 Å². The minimum Gasteiger partial charge on any atom is -0.481 e. The molecule has 0 spiro atoms. The first-order chi connectivity index (χ1) is 9.06. The van der Waals surface area contributed by atoms with Crippen LogP contribution >= 0.6 is 0 Å². The van der Waals surface area contributed by atoms with Gasteiger partial charge in [-0.3, -0.25) is 14.9 Å². The summed E-state index contributed by atoms with van der Waals surface area (Å²) in [5, 5.41) is 20.0. The Bertz CT molecular complexity index is 618. The molecule has 0 saturated carbocycles. The van der Waals surface area contributed by atoms with Crippen LogP contribution in [0.5, 0.6) is 0 Å². The number of nitro groups is 1. The lowest BCUT2D eigenvalue weighted by Gasteiger charge is -1.96. The molecule has 0 unspecified atom stereocenters. The van der Waals surface area contributed by atoms with E-state index in [0.29, 0.717) is 6.42 Å². The summed E-state index contributed by atoms with van der Waals surface area (Å²) in [6.45, 7) is 0. The van der Waals surface area contributed by atoms with E-state index >= 15 is 0 Å². The van der Waals surface area contributed by atoms with Crippen molar-refractivity contribution in [2.75, 3.05) is 0 Å². The molecule has 0 atom stereocenters. The molecule has 0 saturated heterocycles. The number of nitrogens with zero attached hydrogens (tertiary/aromatic N) is 1. The van der Waals surface area contributed by atoms with Gasteiger partial charge in [0.2, 0.25) is 0 Å². The molecular formula is C13H14N2O4. The molecule has 0 amide bonds. The fourth-order valence-electron chi connectivity index (χ4n) is 2.02. The third kappa shape index (κ3) is 3.31. The largest absolute Gasteiger partial charge is 0.481 e. The van der Waals surface area contributed by atoms with E-state index in [1.54, 1.807) is 6.07 Å². The Labute approximate surface area is 109 Å². The van der Waals surface area contributed by atoms with Crippen LogP contribution in [0.25, 0.3) is 10.9 Å².